The van der Waals surface area contributed by atoms with Gasteiger partial charge in [0, 0.05) is 35.0 Å². The number of nitrogens with zero attached hydrogens (tertiary/aromatic N) is 3. The van der Waals surface area contributed by atoms with Gasteiger partial charge in [-0.1, -0.05) is 23.7 Å². The van der Waals surface area contributed by atoms with Crippen LogP contribution in [-0.4, -0.2) is 52.5 Å². The summed E-state index contributed by atoms with van der Waals surface area (Å²) < 4.78 is 6.87. The molecule has 4 heterocycles. The van der Waals surface area contributed by atoms with Gasteiger partial charge in [0.15, 0.2) is 0 Å². The molecule has 182 valence electrons. The van der Waals surface area contributed by atoms with Crippen molar-refractivity contribution in [3.05, 3.63) is 80.9 Å². The molecule has 0 aliphatic carbocycles. The lowest BCUT2D eigenvalue weighted by Crippen LogP contribution is -2.39. The van der Waals surface area contributed by atoms with Gasteiger partial charge in [-0.3, -0.25) is 14.5 Å². The fourth-order valence-electron chi connectivity index (χ4n) is 4.95. The summed E-state index contributed by atoms with van der Waals surface area (Å²) in [5.41, 5.74) is 5.64. The number of fused-ring (bicyclic) bond motifs is 2. The largest absolute Gasteiger partial charge is 0.375 e. The normalized spacial score (nSPS) is 17.7. The van der Waals surface area contributed by atoms with Gasteiger partial charge in [0.2, 0.25) is 0 Å². The number of carbonyl (C=O) groups excluding carboxylic acids is 2. The zero-order valence-corrected chi connectivity index (χ0v) is 21.2. The van der Waals surface area contributed by atoms with E-state index in [0.29, 0.717) is 22.8 Å². The number of nitrogens with one attached hydrogen (secondary N) is 1. The van der Waals surface area contributed by atoms with Crippen LogP contribution in [0.1, 0.15) is 36.7 Å². The average Bonchev–Trinajstić information content (AvgIpc) is 3.41. The molecular weight excluding hydrogens is 496 g/mol. The van der Waals surface area contributed by atoms with Crippen molar-refractivity contribution in [2.45, 2.75) is 26.0 Å². The maximum absolute atomic E-state index is 12.9. The second-order valence-corrected chi connectivity index (χ2v) is 10.6. The highest BCUT2D eigenvalue weighted by Crippen LogP contribution is 2.38. The first-order valence-corrected chi connectivity index (χ1v) is 13.0. The van der Waals surface area contributed by atoms with Crippen LogP contribution >= 0.6 is 22.9 Å². The van der Waals surface area contributed by atoms with Crippen LogP contribution < -0.4 is 5.32 Å². The van der Waals surface area contributed by atoms with Crippen LogP contribution in [0.2, 0.25) is 5.02 Å². The molecule has 1 N–H and O–H groups in total. The molecule has 2 aliphatic heterocycles. The molecule has 2 aromatic heterocycles. The van der Waals surface area contributed by atoms with Crippen molar-refractivity contribution < 1.29 is 14.3 Å². The number of amides is 2. The Labute approximate surface area is 217 Å². The number of rotatable bonds is 5. The Morgan fingerprint density at radius 3 is 2.61 bits per heavy atom. The van der Waals surface area contributed by atoms with Crippen LogP contribution in [-0.2, 0) is 17.7 Å². The van der Waals surface area contributed by atoms with E-state index in [9.17, 15) is 9.59 Å². The lowest BCUT2D eigenvalue weighted by molar-refractivity contribution is 0.0292. The summed E-state index contributed by atoms with van der Waals surface area (Å²) in [5, 5.41) is 4.03. The highest BCUT2D eigenvalue weighted by atomic mass is 35.5. The minimum Gasteiger partial charge on any atom is -0.375 e. The molecule has 0 spiro atoms. The number of ether oxygens (including phenoxy) is 1. The molecule has 1 saturated heterocycles. The molecule has 1 fully saturated rings. The van der Waals surface area contributed by atoms with Crippen molar-refractivity contribution in [2.24, 2.45) is 0 Å². The van der Waals surface area contributed by atoms with Crippen LogP contribution in [0.15, 0.2) is 48.8 Å². The summed E-state index contributed by atoms with van der Waals surface area (Å²) in [6.07, 6.45) is 2.36. The van der Waals surface area contributed by atoms with Gasteiger partial charge in [0.1, 0.15) is 6.33 Å². The summed E-state index contributed by atoms with van der Waals surface area (Å²) >= 11 is 7.99. The van der Waals surface area contributed by atoms with Crippen LogP contribution in [0.5, 0.6) is 0 Å². The lowest BCUT2D eigenvalue weighted by Gasteiger charge is -2.25. The number of aromatic nitrogens is 2. The molecule has 0 bridgehead atoms. The van der Waals surface area contributed by atoms with Gasteiger partial charge >= 0.3 is 0 Å². The fraction of sp³-hybridized carbons (Fsp3) is 0.259. The zero-order chi connectivity index (χ0) is 24.8. The van der Waals surface area contributed by atoms with E-state index in [2.05, 4.69) is 22.2 Å². The Hall–Kier alpha value is -3.17. The van der Waals surface area contributed by atoms with Gasteiger partial charge < -0.3 is 10.1 Å². The number of halogens is 1. The molecule has 0 saturated carbocycles. The standard InChI is InChI=1S/C27H23ClN4O3S/c1-15-8-16(28)9-22(21(15)10-17-12-29-6-7-35-17)24-25-23(30-14-31-24)11-18(36-25)13-32-26(33)19-4-2-3-5-20(19)27(32)34/h2-5,8-9,11,14,17,29H,6-7,10,12-13H2,1H3. The van der Waals surface area contributed by atoms with Crippen LogP contribution in [0.25, 0.3) is 21.5 Å². The first-order valence-electron chi connectivity index (χ1n) is 11.8. The molecule has 1 atom stereocenters. The third-order valence-corrected chi connectivity index (χ3v) is 8.02. The third-order valence-electron chi connectivity index (χ3n) is 6.68. The average molecular weight is 519 g/mol. The van der Waals surface area contributed by atoms with E-state index in [1.807, 2.05) is 18.2 Å². The summed E-state index contributed by atoms with van der Waals surface area (Å²) in [4.78, 5) is 37.0. The summed E-state index contributed by atoms with van der Waals surface area (Å²) in [6, 6.07) is 12.8. The summed E-state index contributed by atoms with van der Waals surface area (Å²) in [7, 11) is 0. The quantitative estimate of drug-likeness (QED) is 0.387. The Kier molecular flexibility index (Phi) is 6.05. The number of hydrogen-bond donors (Lipinski definition) is 1. The number of thiophene rings is 1. The summed E-state index contributed by atoms with van der Waals surface area (Å²) in [6.45, 7) is 4.60. The molecule has 4 aromatic rings. The molecule has 2 amide bonds. The number of morpholine rings is 1. The number of hydrogen-bond acceptors (Lipinski definition) is 7. The van der Waals surface area contributed by atoms with E-state index >= 15 is 0 Å². The van der Waals surface area contributed by atoms with E-state index in [1.54, 1.807) is 30.6 Å². The van der Waals surface area contributed by atoms with Crippen LogP contribution in [0, 0.1) is 6.92 Å². The first kappa shape index (κ1) is 23.2. The Morgan fingerprint density at radius 1 is 1.11 bits per heavy atom. The Morgan fingerprint density at radius 2 is 1.89 bits per heavy atom. The highest BCUT2D eigenvalue weighted by molar-refractivity contribution is 7.19. The maximum atomic E-state index is 12.9. The summed E-state index contributed by atoms with van der Waals surface area (Å²) in [5.74, 6) is -0.540. The number of aryl methyl sites for hydroxylation is 1. The van der Waals surface area contributed by atoms with E-state index in [1.165, 1.54) is 16.2 Å². The van der Waals surface area contributed by atoms with Crippen molar-refractivity contribution in [1.29, 1.82) is 0 Å². The molecule has 2 aliphatic rings. The first-order chi connectivity index (χ1) is 17.5. The molecule has 6 rings (SSSR count). The molecule has 36 heavy (non-hydrogen) atoms. The van der Waals surface area contributed by atoms with Gasteiger partial charge in [0.25, 0.3) is 11.8 Å². The van der Waals surface area contributed by atoms with Gasteiger partial charge in [-0.25, -0.2) is 9.97 Å². The highest BCUT2D eigenvalue weighted by Gasteiger charge is 2.35. The Balaban J connectivity index is 1.37. The minimum atomic E-state index is -0.270. The predicted molar refractivity (Wildman–Crippen MR) is 140 cm³/mol. The van der Waals surface area contributed by atoms with Crippen molar-refractivity contribution in [3.8, 4) is 11.3 Å². The fourth-order valence-corrected chi connectivity index (χ4v) is 6.32. The van der Waals surface area contributed by atoms with E-state index in [0.717, 1.165) is 57.0 Å². The smallest absolute Gasteiger partial charge is 0.261 e. The van der Waals surface area contributed by atoms with Crippen molar-refractivity contribution >= 4 is 45.0 Å². The molecular formula is C27H23ClN4O3S. The molecule has 1 unspecified atom stereocenters. The van der Waals surface area contributed by atoms with E-state index in [4.69, 9.17) is 16.3 Å². The predicted octanol–water partition coefficient (Wildman–Crippen LogP) is 4.65. The van der Waals surface area contributed by atoms with Crippen LogP contribution in [0.3, 0.4) is 0 Å². The van der Waals surface area contributed by atoms with Crippen molar-refractivity contribution in [2.75, 3.05) is 19.7 Å². The second-order valence-electron chi connectivity index (χ2n) is 9.04. The lowest BCUT2D eigenvalue weighted by atomic mass is 9.94. The monoisotopic (exact) mass is 518 g/mol. The van der Waals surface area contributed by atoms with Gasteiger partial charge in [-0.05, 0) is 48.4 Å². The number of imide groups is 1. The van der Waals surface area contributed by atoms with E-state index < -0.39 is 0 Å². The van der Waals surface area contributed by atoms with Crippen molar-refractivity contribution in [3.63, 3.8) is 0 Å². The SMILES string of the molecule is Cc1cc(Cl)cc(-c2ncnc3cc(CN4C(=O)c5ccccc5C4=O)sc23)c1CC1CNCCO1. The van der Waals surface area contributed by atoms with Gasteiger partial charge in [0.05, 0.1) is 46.3 Å². The topological polar surface area (TPSA) is 84.4 Å². The van der Waals surface area contributed by atoms with Gasteiger partial charge in [-0.15, -0.1) is 11.3 Å². The zero-order valence-electron chi connectivity index (χ0n) is 19.6. The van der Waals surface area contributed by atoms with E-state index in [-0.39, 0.29) is 24.5 Å². The number of benzene rings is 2. The van der Waals surface area contributed by atoms with Crippen LogP contribution in [0.4, 0.5) is 0 Å². The maximum Gasteiger partial charge on any atom is 0.261 e. The third kappa shape index (κ3) is 4.10. The molecule has 9 heteroatoms. The second kappa shape index (κ2) is 9.37. The molecule has 2 aromatic carbocycles. The number of carbonyl (C=O) groups is 2. The minimum absolute atomic E-state index is 0.0717. The van der Waals surface area contributed by atoms with Crippen molar-refractivity contribution in [1.82, 2.24) is 20.2 Å². The molecule has 0 radical (unpaired) electrons. The molecule has 7 nitrogen and oxygen atoms in total. The Bertz CT molecular complexity index is 1480. The van der Waals surface area contributed by atoms with Gasteiger partial charge in [-0.2, -0.15) is 0 Å².